The van der Waals surface area contributed by atoms with Crippen LogP contribution in [0.2, 0.25) is 0 Å². The molecular formula is C19H23N3O3. The summed E-state index contributed by atoms with van der Waals surface area (Å²) in [6.07, 6.45) is 1.79. The van der Waals surface area contributed by atoms with Crippen molar-refractivity contribution in [1.29, 1.82) is 0 Å². The summed E-state index contributed by atoms with van der Waals surface area (Å²) >= 11 is 0. The Morgan fingerprint density at radius 2 is 1.88 bits per heavy atom. The number of hydrogen-bond donors (Lipinski definition) is 1. The van der Waals surface area contributed by atoms with Gasteiger partial charge in [0.25, 0.3) is 11.5 Å². The standard InChI is InChI=1S/C19H23N3O3/c1-13-10-15(12-21(2)18(13)23)14-4-5-16(17(11-14)25-3)19(24)22-8-6-20-7-9-22/h4-5,10-12,20H,6-9H2,1-3H3. The molecule has 132 valence electrons. The van der Waals surface area contributed by atoms with E-state index >= 15 is 0 Å². The lowest BCUT2D eigenvalue weighted by Crippen LogP contribution is -2.46. The van der Waals surface area contributed by atoms with Crippen LogP contribution in [0.5, 0.6) is 5.75 Å². The van der Waals surface area contributed by atoms with Gasteiger partial charge in [-0.3, -0.25) is 9.59 Å². The van der Waals surface area contributed by atoms with Crippen molar-refractivity contribution >= 4 is 5.91 Å². The second-order valence-corrected chi connectivity index (χ2v) is 6.29. The van der Waals surface area contributed by atoms with Crippen LogP contribution in [0.4, 0.5) is 0 Å². The summed E-state index contributed by atoms with van der Waals surface area (Å²) in [4.78, 5) is 26.5. The molecule has 2 heterocycles. The summed E-state index contributed by atoms with van der Waals surface area (Å²) in [6.45, 7) is 4.81. The molecule has 1 aromatic heterocycles. The maximum absolute atomic E-state index is 12.8. The normalized spacial score (nSPS) is 14.4. The van der Waals surface area contributed by atoms with E-state index in [1.807, 2.05) is 23.1 Å². The van der Waals surface area contributed by atoms with Crippen molar-refractivity contribution in [2.75, 3.05) is 33.3 Å². The molecule has 1 aromatic carbocycles. The molecular weight excluding hydrogens is 318 g/mol. The average molecular weight is 341 g/mol. The Balaban J connectivity index is 1.97. The molecule has 6 heteroatoms. The van der Waals surface area contributed by atoms with Crippen LogP contribution in [0.3, 0.4) is 0 Å². The van der Waals surface area contributed by atoms with Gasteiger partial charge in [0.1, 0.15) is 5.75 Å². The largest absolute Gasteiger partial charge is 0.496 e. The van der Waals surface area contributed by atoms with E-state index in [4.69, 9.17) is 4.74 Å². The first-order valence-electron chi connectivity index (χ1n) is 8.37. The van der Waals surface area contributed by atoms with Gasteiger partial charge in [-0.1, -0.05) is 6.07 Å². The van der Waals surface area contributed by atoms with Gasteiger partial charge in [-0.05, 0) is 36.2 Å². The minimum absolute atomic E-state index is 0.0125. The Kier molecular flexibility index (Phi) is 4.90. The summed E-state index contributed by atoms with van der Waals surface area (Å²) < 4.78 is 7.04. The fourth-order valence-electron chi connectivity index (χ4n) is 3.12. The fourth-order valence-corrected chi connectivity index (χ4v) is 3.12. The molecule has 6 nitrogen and oxygen atoms in total. The lowest BCUT2D eigenvalue weighted by atomic mass is 10.0. The molecule has 2 aromatic rings. The molecule has 1 aliphatic rings. The van der Waals surface area contributed by atoms with E-state index in [0.29, 0.717) is 30.0 Å². The van der Waals surface area contributed by atoms with Crippen LogP contribution < -0.4 is 15.6 Å². The maximum atomic E-state index is 12.8. The monoisotopic (exact) mass is 341 g/mol. The molecule has 3 rings (SSSR count). The minimum atomic E-state index is -0.0128. The van der Waals surface area contributed by atoms with Gasteiger partial charge in [-0.2, -0.15) is 0 Å². The number of nitrogens with zero attached hydrogens (tertiary/aromatic N) is 2. The molecule has 0 atom stereocenters. The second-order valence-electron chi connectivity index (χ2n) is 6.29. The van der Waals surface area contributed by atoms with E-state index < -0.39 is 0 Å². The first-order valence-corrected chi connectivity index (χ1v) is 8.37. The highest BCUT2D eigenvalue weighted by Gasteiger charge is 2.21. The van der Waals surface area contributed by atoms with Crippen LogP contribution in [0, 0.1) is 6.92 Å². The number of ether oxygens (including phenoxy) is 1. The number of hydrogen-bond acceptors (Lipinski definition) is 4. The zero-order chi connectivity index (χ0) is 18.0. The highest BCUT2D eigenvalue weighted by Crippen LogP contribution is 2.28. The molecule has 1 amide bonds. The third-order valence-corrected chi connectivity index (χ3v) is 4.53. The van der Waals surface area contributed by atoms with Crippen LogP contribution in [-0.2, 0) is 7.05 Å². The lowest BCUT2D eigenvalue weighted by molar-refractivity contribution is 0.0732. The van der Waals surface area contributed by atoms with E-state index in [9.17, 15) is 9.59 Å². The smallest absolute Gasteiger partial charge is 0.257 e. The predicted octanol–water partition coefficient (Wildman–Crippen LogP) is 1.41. The number of pyridine rings is 1. The van der Waals surface area contributed by atoms with Gasteiger partial charge in [0, 0.05) is 45.0 Å². The molecule has 25 heavy (non-hydrogen) atoms. The minimum Gasteiger partial charge on any atom is -0.496 e. The van der Waals surface area contributed by atoms with Crippen molar-refractivity contribution in [3.63, 3.8) is 0 Å². The van der Waals surface area contributed by atoms with Crippen molar-refractivity contribution in [2.45, 2.75) is 6.92 Å². The van der Waals surface area contributed by atoms with Gasteiger partial charge in [0.15, 0.2) is 0 Å². The molecule has 1 aliphatic heterocycles. The summed E-state index contributed by atoms with van der Waals surface area (Å²) in [6, 6.07) is 7.42. The van der Waals surface area contributed by atoms with E-state index in [-0.39, 0.29) is 11.5 Å². The Morgan fingerprint density at radius 3 is 2.52 bits per heavy atom. The van der Waals surface area contributed by atoms with Gasteiger partial charge >= 0.3 is 0 Å². The van der Waals surface area contributed by atoms with Gasteiger partial charge in [0.05, 0.1) is 12.7 Å². The van der Waals surface area contributed by atoms with Gasteiger partial charge in [0.2, 0.25) is 0 Å². The van der Waals surface area contributed by atoms with Crippen molar-refractivity contribution in [3.05, 3.63) is 51.9 Å². The highest BCUT2D eigenvalue weighted by atomic mass is 16.5. The molecule has 0 spiro atoms. The number of aromatic nitrogens is 1. The van der Waals surface area contributed by atoms with E-state index in [1.54, 1.807) is 37.9 Å². The summed E-state index contributed by atoms with van der Waals surface area (Å²) in [5, 5.41) is 3.24. The lowest BCUT2D eigenvalue weighted by Gasteiger charge is -2.28. The molecule has 1 fully saturated rings. The molecule has 0 saturated carbocycles. The van der Waals surface area contributed by atoms with Crippen molar-refractivity contribution in [1.82, 2.24) is 14.8 Å². The second kappa shape index (κ2) is 7.11. The number of carbonyl (C=O) groups is 1. The topological polar surface area (TPSA) is 63.6 Å². The van der Waals surface area contributed by atoms with E-state index in [0.717, 1.165) is 24.2 Å². The Hall–Kier alpha value is -2.60. The third kappa shape index (κ3) is 3.44. The number of aryl methyl sites for hydroxylation is 2. The molecule has 0 unspecified atom stereocenters. The summed E-state index contributed by atoms with van der Waals surface area (Å²) in [5.41, 5.74) is 3.06. The van der Waals surface area contributed by atoms with Crippen LogP contribution in [0.25, 0.3) is 11.1 Å². The molecule has 0 bridgehead atoms. The van der Waals surface area contributed by atoms with Crippen molar-refractivity contribution in [2.24, 2.45) is 7.05 Å². The van der Waals surface area contributed by atoms with Crippen molar-refractivity contribution in [3.8, 4) is 16.9 Å². The number of rotatable bonds is 3. The summed E-state index contributed by atoms with van der Waals surface area (Å²) in [7, 11) is 3.30. The zero-order valence-corrected chi connectivity index (χ0v) is 14.8. The number of amides is 1. The quantitative estimate of drug-likeness (QED) is 0.917. The van der Waals surface area contributed by atoms with Gasteiger partial charge < -0.3 is 19.5 Å². The number of piperazine rings is 1. The maximum Gasteiger partial charge on any atom is 0.257 e. The van der Waals surface area contributed by atoms with Crippen LogP contribution in [0.15, 0.2) is 35.3 Å². The number of methoxy groups -OCH3 is 1. The van der Waals surface area contributed by atoms with Crippen molar-refractivity contribution < 1.29 is 9.53 Å². The molecule has 1 N–H and O–H groups in total. The Morgan fingerprint density at radius 1 is 1.16 bits per heavy atom. The predicted molar refractivity (Wildman–Crippen MR) is 97.2 cm³/mol. The Bertz CT molecular complexity index is 825. The highest BCUT2D eigenvalue weighted by molar-refractivity contribution is 5.97. The average Bonchev–Trinajstić information content (AvgIpc) is 2.65. The van der Waals surface area contributed by atoms with Crippen LogP contribution >= 0.6 is 0 Å². The molecule has 1 saturated heterocycles. The summed E-state index contributed by atoms with van der Waals surface area (Å²) in [5.74, 6) is 0.536. The molecule has 0 aliphatic carbocycles. The fraction of sp³-hybridized carbons (Fsp3) is 0.368. The first kappa shape index (κ1) is 17.2. The third-order valence-electron chi connectivity index (χ3n) is 4.53. The molecule has 0 radical (unpaired) electrons. The van der Waals surface area contributed by atoms with Gasteiger partial charge in [-0.15, -0.1) is 0 Å². The zero-order valence-electron chi connectivity index (χ0n) is 14.8. The van der Waals surface area contributed by atoms with E-state index in [1.165, 1.54) is 0 Å². The van der Waals surface area contributed by atoms with Crippen LogP contribution in [-0.4, -0.2) is 48.7 Å². The van der Waals surface area contributed by atoms with Gasteiger partial charge in [-0.25, -0.2) is 0 Å². The van der Waals surface area contributed by atoms with E-state index in [2.05, 4.69) is 5.32 Å². The Labute approximate surface area is 147 Å². The number of benzene rings is 1. The van der Waals surface area contributed by atoms with Crippen LogP contribution in [0.1, 0.15) is 15.9 Å². The number of carbonyl (C=O) groups excluding carboxylic acids is 1. The SMILES string of the molecule is COc1cc(-c2cc(C)c(=O)n(C)c2)ccc1C(=O)N1CCNCC1. The number of nitrogens with one attached hydrogen (secondary N) is 1. The first-order chi connectivity index (χ1) is 12.0.